The Balaban J connectivity index is 1.59. The molecule has 7 heteroatoms. The molecule has 4 nitrogen and oxygen atoms in total. The Hall–Kier alpha value is -3.58. The van der Waals surface area contributed by atoms with Crippen LogP contribution < -0.4 is 10.5 Å². The zero-order chi connectivity index (χ0) is 23.6. The van der Waals surface area contributed by atoms with E-state index in [1.165, 1.54) is 12.3 Å². The van der Waals surface area contributed by atoms with Gasteiger partial charge in [-0.3, -0.25) is 0 Å². The second kappa shape index (κ2) is 8.75. The molecule has 0 aliphatic carbocycles. The number of halogens is 3. The number of hydrogen-bond donors (Lipinski definition) is 2. The van der Waals surface area contributed by atoms with E-state index < -0.39 is 17.3 Å². The number of H-pyrrole nitrogens is 1. The minimum absolute atomic E-state index is 0.0126. The largest absolute Gasteiger partial charge is 0.488 e. The summed E-state index contributed by atoms with van der Waals surface area (Å²) < 4.78 is 47.1. The average molecular weight is 451 g/mol. The van der Waals surface area contributed by atoms with E-state index in [2.05, 4.69) is 9.97 Å². The minimum atomic E-state index is -4.58. The van der Waals surface area contributed by atoms with Gasteiger partial charge in [0.15, 0.2) is 0 Å². The summed E-state index contributed by atoms with van der Waals surface area (Å²) >= 11 is 0. The van der Waals surface area contributed by atoms with Crippen molar-refractivity contribution >= 4 is 0 Å². The van der Waals surface area contributed by atoms with E-state index in [0.29, 0.717) is 17.1 Å². The van der Waals surface area contributed by atoms with Crippen LogP contribution in [0.4, 0.5) is 13.2 Å². The van der Waals surface area contributed by atoms with Crippen molar-refractivity contribution in [2.45, 2.75) is 32.2 Å². The summed E-state index contributed by atoms with van der Waals surface area (Å²) in [6, 6.07) is 21.3. The molecule has 0 saturated heterocycles. The molecule has 0 radical (unpaired) electrons. The average Bonchev–Trinajstić information content (AvgIpc) is 3.29. The number of nitrogens with zero attached hydrogens (tertiary/aromatic N) is 1. The Morgan fingerprint density at radius 1 is 0.879 bits per heavy atom. The summed E-state index contributed by atoms with van der Waals surface area (Å²) in [7, 11) is 0. The summed E-state index contributed by atoms with van der Waals surface area (Å²) in [5, 5.41) is 0. The topological polar surface area (TPSA) is 63.9 Å². The highest BCUT2D eigenvalue weighted by atomic mass is 19.4. The van der Waals surface area contributed by atoms with Crippen LogP contribution in [0, 0.1) is 0 Å². The normalized spacial score (nSPS) is 12.1. The van der Waals surface area contributed by atoms with Crippen molar-refractivity contribution in [3.05, 3.63) is 95.9 Å². The van der Waals surface area contributed by atoms with Crippen molar-refractivity contribution in [3.63, 3.8) is 0 Å². The highest BCUT2D eigenvalue weighted by Gasteiger charge is 2.35. The van der Waals surface area contributed by atoms with Gasteiger partial charge in [0, 0.05) is 5.56 Å². The van der Waals surface area contributed by atoms with Crippen molar-refractivity contribution in [2.24, 2.45) is 5.73 Å². The van der Waals surface area contributed by atoms with Crippen LogP contribution in [-0.2, 0) is 18.3 Å². The molecule has 3 aromatic carbocycles. The maximum atomic E-state index is 13.8. The van der Waals surface area contributed by atoms with Gasteiger partial charge >= 0.3 is 6.18 Å². The van der Waals surface area contributed by atoms with Crippen LogP contribution in [-0.4, -0.2) is 9.97 Å². The van der Waals surface area contributed by atoms with Crippen LogP contribution in [0.25, 0.3) is 22.4 Å². The molecular weight excluding hydrogens is 427 g/mol. The van der Waals surface area contributed by atoms with E-state index >= 15 is 0 Å². The van der Waals surface area contributed by atoms with Crippen molar-refractivity contribution in [2.75, 3.05) is 0 Å². The third-order valence-electron chi connectivity index (χ3n) is 5.21. The smallest absolute Gasteiger partial charge is 0.419 e. The first kappa shape index (κ1) is 22.6. The monoisotopic (exact) mass is 451 g/mol. The summed E-state index contributed by atoms with van der Waals surface area (Å²) in [6.07, 6.45) is -3.09. The van der Waals surface area contributed by atoms with Crippen LogP contribution in [0.1, 0.15) is 30.8 Å². The van der Waals surface area contributed by atoms with Gasteiger partial charge in [0.05, 0.1) is 23.0 Å². The Morgan fingerprint density at radius 3 is 2.27 bits per heavy atom. The van der Waals surface area contributed by atoms with Gasteiger partial charge in [0.1, 0.15) is 18.2 Å². The second-order valence-corrected chi connectivity index (χ2v) is 8.43. The molecule has 0 atom stereocenters. The highest BCUT2D eigenvalue weighted by Crippen LogP contribution is 2.39. The zero-order valence-corrected chi connectivity index (χ0v) is 18.3. The van der Waals surface area contributed by atoms with Gasteiger partial charge in [0.2, 0.25) is 0 Å². The third kappa shape index (κ3) is 5.26. The molecule has 0 unspecified atom stereocenters. The molecule has 1 aromatic heterocycles. The van der Waals surface area contributed by atoms with E-state index in [-0.39, 0.29) is 12.4 Å². The number of aromatic amines is 1. The first-order chi connectivity index (χ1) is 15.6. The molecule has 4 rings (SSSR count). The molecule has 0 aliphatic rings. The Bertz CT molecular complexity index is 1240. The van der Waals surface area contributed by atoms with Gasteiger partial charge in [-0.15, -0.1) is 0 Å². The Morgan fingerprint density at radius 2 is 1.61 bits per heavy atom. The first-order valence-electron chi connectivity index (χ1n) is 10.4. The van der Waals surface area contributed by atoms with Crippen molar-refractivity contribution in [1.82, 2.24) is 9.97 Å². The molecule has 3 N–H and O–H groups in total. The van der Waals surface area contributed by atoms with Gasteiger partial charge in [0.25, 0.3) is 0 Å². The third-order valence-corrected chi connectivity index (χ3v) is 5.21. The van der Waals surface area contributed by atoms with Crippen LogP contribution in [0.2, 0.25) is 0 Å². The molecule has 33 heavy (non-hydrogen) atoms. The van der Waals surface area contributed by atoms with Crippen molar-refractivity contribution in [3.8, 4) is 28.1 Å². The molecular formula is C26H24F3N3O. The number of alkyl halides is 3. The summed E-state index contributed by atoms with van der Waals surface area (Å²) in [5.41, 5.74) is 8.02. The van der Waals surface area contributed by atoms with Gasteiger partial charge in [-0.2, -0.15) is 13.2 Å². The van der Waals surface area contributed by atoms with E-state index in [9.17, 15) is 13.2 Å². The maximum absolute atomic E-state index is 13.8. The lowest BCUT2D eigenvalue weighted by Gasteiger charge is -2.16. The molecule has 170 valence electrons. The molecule has 4 aromatic rings. The molecule has 1 heterocycles. The fraction of sp³-hybridized carbons (Fsp3) is 0.192. The lowest BCUT2D eigenvalue weighted by molar-refractivity contribution is -0.139. The maximum Gasteiger partial charge on any atom is 0.419 e. The van der Waals surface area contributed by atoms with Crippen LogP contribution >= 0.6 is 0 Å². The second-order valence-electron chi connectivity index (χ2n) is 8.43. The Labute approximate surface area is 190 Å². The molecule has 0 spiro atoms. The van der Waals surface area contributed by atoms with Crippen molar-refractivity contribution in [1.29, 1.82) is 0 Å². The van der Waals surface area contributed by atoms with Gasteiger partial charge in [-0.1, -0.05) is 48.5 Å². The predicted octanol–water partition coefficient (Wildman–Crippen LogP) is 6.54. The highest BCUT2D eigenvalue weighted by molar-refractivity contribution is 5.64. The van der Waals surface area contributed by atoms with Crippen LogP contribution in [0.15, 0.2) is 79.0 Å². The number of nitrogens with two attached hydrogens (primary N) is 1. The number of benzene rings is 3. The lowest BCUT2D eigenvalue weighted by Crippen LogP contribution is -2.30. The van der Waals surface area contributed by atoms with Gasteiger partial charge in [-0.25, -0.2) is 4.98 Å². The number of aromatic nitrogens is 2. The van der Waals surface area contributed by atoms with E-state index in [0.717, 1.165) is 22.8 Å². The number of hydrogen-bond acceptors (Lipinski definition) is 3. The van der Waals surface area contributed by atoms with Crippen molar-refractivity contribution < 1.29 is 17.9 Å². The fourth-order valence-corrected chi connectivity index (χ4v) is 3.47. The van der Waals surface area contributed by atoms with Gasteiger partial charge in [-0.05, 0) is 54.8 Å². The molecule has 0 aliphatic heterocycles. The standard InChI is InChI=1S/C26H24F3N3O/c1-25(2,30)24-31-15-22(32-24)20-11-12-23(21(14-20)26(27,28)29)33-16-17-7-6-10-19(13-17)18-8-4-3-5-9-18/h3-15H,16,30H2,1-2H3,(H,31,32). The Kier molecular flexibility index (Phi) is 5.99. The molecule has 0 saturated carbocycles. The van der Waals surface area contributed by atoms with E-state index in [1.807, 2.05) is 54.6 Å². The first-order valence-corrected chi connectivity index (χ1v) is 10.4. The molecule has 0 amide bonds. The van der Waals surface area contributed by atoms with E-state index in [4.69, 9.17) is 10.5 Å². The number of ether oxygens (including phenoxy) is 1. The van der Waals surface area contributed by atoms with Crippen LogP contribution in [0.3, 0.4) is 0 Å². The van der Waals surface area contributed by atoms with Gasteiger partial charge < -0.3 is 15.5 Å². The predicted molar refractivity (Wildman–Crippen MR) is 122 cm³/mol. The fourth-order valence-electron chi connectivity index (χ4n) is 3.47. The number of rotatable bonds is 6. The lowest BCUT2D eigenvalue weighted by atomic mass is 10.0. The summed E-state index contributed by atoms with van der Waals surface area (Å²) in [5.74, 6) is 0.264. The molecule has 0 bridgehead atoms. The number of imidazole rings is 1. The summed E-state index contributed by atoms with van der Waals surface area (Å²) in [6.45, 7) is 3.54. The zero-order valence-electron chi connectivity index (χ0n) is 18.3. The SMILES string of the molecule is CC(C)(N)c1ncc(-c2ccc(OCc3cccc(-c4ccccc4)c3)c(C(F)(F)F)c2)[nH]1. The van der Waals surface area contributed by atoms with E-state index in [1.54, 1.807) is 19.9 Å². The molecule has 0 fully saturated rings. The summed E-state index contributed by atoms with van der Waals surface area (Å²) in [4.78, 5) is 7.20. The minimum Gasteiger partial charge on any atom is -0.488 e. The van der Waals surface area contributed by atoms with Crippen LogP contribution in [0.5, 0.6) is 5.75 Å². The number of nitrogens with one attached hydrogen (secondary N) is 1. The quantitative estimate of drug-likeness (QED) is 0.350.